The summed E-state index contributed by atoms with van der Waals surface area (Å²) in [5, 5.41) is 25.8. The number of fused-ring (bicyclic) bond motifs is 2. The number of aromatic nitrogens is 5. The van der Waals surface area contributed by atoms with Gasteiger partial charge in [-0.05, 0) is 72.6 Å². The molecule has 4 heterocycles. The van der Waals surface area contributed by atoms with Gasteiger partial charge >= 0.3 is 12.0 Å². The fourth-order valence-corrected chi connectivity index (χ4v) is 10.6. The fraction of sp³-hybridized carbons (Fsp3) is 0.464. The van der Waals surface area contributed by atoms with Crippen LogP contribution in [-0.2, 0) is 45.8 Å². The van der Waals surface area contributed by atoms with Gasteiger partial charge in [-0.1, -0.05) is 113 Å². The predicted octanol–water partition coefficient (Wildman–Crippen LogP) is 7.76. The Morgan fingerprint density at radius 3 is 2.23 bits per heavy atom. The van der Waals surface area contributed by atoms with Crippen LogP contribution in [0.15, 0.2) is 101 Å². The molecule has 1 aliphatic heterocycles. The number of piperidine rings is 1. The van der Waals surface area contributed by atoms with E-state index in [0.717, 1.165) is 54.5 Å². The molecular formula is C56H71N9O8S. The van der Waals surface area contributed by atoms with Crippen molar-refractivity contribution >= 4 is 63.1 Å². The van der Waals surface area contributed by atoms with Crippen molar-refractivity contribution in [1.82, 2.24) is 39.4 Å². The van der Waals surface area contributed by atoms with Gasteiger partial charge < -0.3 is 35.3 Å². The van der Waals surface area contributed by atoms with Gasteiger partial charge in [-0.3, -0.25) is 28.4 Å². The van der Waals surface area contributed by atoms with E-state index in [1.807, 2.05) is 81.4 Å². The number of carbonyl (C=O) groups is 4. The zero-order chi connectivity index (χ0) is 52.8. The van der Waals surface area contributed by atoms with Gasteiger partial charge in [0.25, 0.3) is 11.1 Å². The van der Waals surface area contributed by atoms with E-state index in [-0.39, 0.29) is 46.8 Å². The lowest BCUT2D eigenvalue weighted by Crippen LogP contribution is -2.49. The van der Waals surface area contributed by atoms with Crippen molar-refractivity contribution < 1.29 is 29.0 Å². The molecule has 4 N–H and O–H groups in total. The van der Waals surface area contributed by atoms with Gasteiger partial charge in [0.15, 0.2) is 5.52 Å². The van der Waals surface area contributed by atoms with E-state index in [1.165, 1.54) is 18.0 Å². The number of carbonyl (C=O) groups excluding carboxylic acids is 4. The molecule has 394 valence electrons. The molecule has 17 nitrogen and oxygen atoms in total. The van der Waals surface area contributed by atoms with E-state index in [4.69, 9.17) is 4.74 Å². The lowest BCUT2D eigenvalue weighted by molar-refractivity contribution is -0.143. The summed E-state index contributed by atoms with van der Waals surface area (Å²) in [4.78, 5) is 84.8. The Hall–Kier alpha value is -6.79. The molecule has 1 aliphatic rings. The van der Waals surface area contributed by atoms with E-state index in [0.29, 0.717) is 91.7 Å². The van der Waals surface area contributed by atoms with Crippen LogP contribution in [0.25, 0.3) is 33.1 Å². The van der Waals surface area contributed by atoms with Crippen molar-refractivity contribution in [2.45, 2.75) is 122 Å². The van der Waals surface area contributed by atoms with E-state index >= 15 is 0 Å². The second-order valence-corrected chi connectivity index (χ2v) is 21.2. The van der Waals surface area contributed by atoms with Crippen LogP contribution in [0.2, 0.25) is 0 Å². The highest BCUT2D eigenvalue weighted by atomic mass is 32.2. The first-order valence-electron chi connectivity index (χ1n) is 25.8. The number of aliphatic hydroxyl groups is 1. The Bertz CT molecular complexity index is 3000. The first-order chi connectivity index (χ1) is 35.6. The molecular weight excluding hydrogens is 959 g/mol. The molecule has 0 bridgehead atoms. The molecule has 3 aromatic heterocycles. The summed E-state index contributed by atoms with van der Waals surface area (Å²) >= 11 is 1.71. The van der Waals surface area contributed by atoms with Gasteiger partial charge in [0, 0.05) is 68.6 Å². The number of urea groups is 1. The molecule has 0 aliphatic carbocycles. The number of hydrogen-bond donors (Lipinski definition) is 4. The van der Waals surface area contributed by atoms with Crippen LogP contribution in [0.5, 0.6) is 0 Å². The van der Waals surface area contributed by atoms with Gasteiger partial charge in [-0.2, -0.15) is 16.9 Å². The molecule has 1 fully saturated rings. The van der Waals surface area contributed by atoms with Crippen LogP contribution >= 0.6 is 11.8 Å². The number of ether oxygens (including phenoxy) is 1. The molecule has 4 amide bonds. The number of esters is 1. The van der Waals surface area contributed by atoms with Gasteiger partial charge in [0.05, 0.1) is 37.0 Å². The fourth-order valence-electron chi connectivity index (χ4n) is 9.54. The Balaban J connectivity index is 0.778. The molecule has 2 atom stereocenters. The highest BCUT2D eigenvalue weighted by Gasteiger charge is 2.35. The minimum absolute atomic E-state index is 0.00848. The zero-order valence-electron chi connectivity index (χ0n) is 43.3. The van der Waals surface area contributed by atoms with E-state index in [9.17, 15) is 33.9 Å². The Morgan fingerprint density at radius 2 is 1.51 bits per heavy atom. The van der Waals surface area contributed by atoms with Crippen LogP contribution in [0.3, 0.4) is 0 Å². The minimum atomic E-state index is -1.16. The highest BCUT2D eigenvalue weighted by molar-refractivity contribution is 7.99. The van der Waals surface area contributed by atoms with E-state index in [1.54, 1.807) is 57.4 Å². The quantitative estimate of drug-likeness (QED) is 0.0340. The zero-order valence-corrected chi connectivity index (χ0v) is 44.1. The van der Waals surface area contributed by atoms with Gasteiger partial charge in [0.1, 0.15) is 11.6 Å². The normalized spacial score (nSPS) is 14.2. The van der Waals surface area contributed by atoms with Crippen molar-refractivity contribution in [3.8, 4) is 11.3 Å². The lowest BCUT2D eigenvalue weighted by Gasteiger charge is -2.38. The lowest BCUT2D eigenvalue weighted by atomic mass is 9.90. The first-order valence-corrected chi connectivity index (χ1v) is 27.0. The number of rotatable bonds is 24. The number of methoxy groups -OCH3 is 1. The summed E-state index contributed by atoms with van der Waals surface area (Å²) in [5.74, 6) is 1.40. The number of nitrogens with one attached hydrogen (secondary N) is 3. The molecule has 6 aromatic rings. The maximum absolute atomic E-state index is 13.7. The molecule has 7 rings (SSSR count). The second-order valence-electron chi connectivity index (χ2n) is 20.0. The van der Waals surface area contributed by atoms with Gasteiger partial charge in [0.2, 0.25) is 11.8 Å². The van der Waals surface area contributed by atoms with Crippen molar-refractivity contribution in [2.24, 2.45) is 13.0 Å². The monoisotopic (exact) mass is 1030 g/mol. The van der Waals surface area contributed by atoms with E-state index in [2.05, 4.69) is 26.0 Å². The number of pyridine rings is 1. The van der Waals surface area contributed by atoms with Crippen molar-refractivity contribution in [2.75, 3.05) is 37.0 Å². The van der Waals surface area contributed by atoms with Crippen molar-refractivity contribution in [1.29, 1.82) is 0 Å². The number of benzene rings is 3. The number of anilines is 1. The largest absolute Gasteiger partial charge is 0.467 e. The minimum Gasteiger partial charge on any atom is -0.467 e. The summed E-state index contributed by atoms with van der Waals surface area (Å²) < 4.78 is 9.65. The number of amides is 4. The van der Waals surface area contributed by atoms with Crippen LogP contribution in [0, 0.1) is 5.92 Å². The average Bonchev–Trinajstić information content (AvgIpc) is 3.74. The predicted molar refractivity (Wildman–Crippen MR) is 291 cm³/mol. The summed E-state index contributed by atoms with van der Waals surface area (Å²) in [7, 11) is 3.07. The summed E-state index contributed by atoms with van der Waals surface area (Å²) in [6.45, 7) is 7.84. The molecule has 18 heteroatoms. The number of unbranched alkanes of at least 4 members (excludes halogenated alkanes) is 4. The summed E-state index contributed by atoms with van der Waals surface area (Å²) in [5.41, 5.74) is 3.08. The second kappa shape index (κ2) is 25.9. The molecule has 3 aromatic carbocycles. The standard InChI is InChI=1S/C56H71N9O8S/c1-38(2)34-64-35-46(43-18-13-14-19-44(43)52(64)68)60-55(71)59-45(54(70)73-5)25-31-74-30-15-8-6-7-12-20-47(66)57-33-40-21-23-42(24-22-40)51-49-50(61-62(51)4)53(69)65(37-58-49)36-56(72)26-28-63(29-27-56)48(67)32-39(3)41-16-10-9-11-17-41/h9-11,13-14,16-19,21-24,35,37-39,45,72H,6-8,12,15,20,25-34,36H2,1-5H3,(H,57,66)(H2,59,60,71)/t39-,45?/m1/s1. The van der Waals surface area contributed by atoms with Crippen molar-refractivity contribution in [3.63, 3.8) is 0 Å². The Labute approximate surface area is 436 Å². The number of thioether (sulfide) groups is 1. The van der Waals surface area contributed by atoms with Crippen LogP contribution in [0.4, 0.5) is 10.5 Å². The number of likely N-dealkylation sites (tertiary alicyclic amines) is 1. The highest BCUT2D eigenvalue weighted by Crippen LogP contribution is 2.29. The maximum Gasteiger partial charge on any atom is 0.328 e. The maximum atomic E-state index is 13.7. The van der Waals surface area contributed by atoms with Crippen LogP contribution < -0.4 is 27.1 Å². The third kappa shape index (κ3) is 14.5. The number of aryl methyl sites for hydroxylation is 1. The summed E-state index contributed by atoms with van der Waals surface area (Å²) in [6, 6.07) is 23.4. The topological polar surface area (TPSA) is 212 Å². The molecule has 0 saturated carbocycles. The molecule has 0 spiro atoms. The molecule has 1 saturated heterocycles. The number of hydrogen-bond acceptors (Lipinski definition) is 11. The molecule has 1 unspecified atom stereocenters. The number of nitrogens with zero attached hydrogens (tertiary/aromatic N) is 6. The van der Waals surface area contributed by atoms with Crippen LogP contribution in [0.1, 0.15) is 102 Å². The smallest absolute Gasteiger partial charge is 0.328 e. The first kappa shape index (κ1) is 55.0. The van der Waals surface area contributed by atoms with Gasteiger partial charge in [-0.25, -0.2) is 14.6 Å². The Kier molecular flexibility index (Phi) is 19.3. The van der Waals surface area contributed by atoms with Crippen LogP contribution in [-0.4, -0.2) is 101 Å². The average molecular weight is 1030 g/mol. The third-order valence-corrected chi connectivity index (χ3v) is 14.8. The SMILES string of the molecule is COC(=O)C(CCSCCCCCCCC(=O)NCc1ccc(-c2c3ncn(CC4(O)CCN(C(=O)C[C@@H](C)c5ccccc5)CC4)c(=O)c3nn2C)cc1)NC(=O)Nc1cn(CC(C)C)c(=O)c2ccccc12. The van der Waals surface area contributed by atoms with Gasteiger partial charge in [-0.15, -0.1) is 0 Å². The molecule has 0 radical (unpaired) electrons. The summed E-state index contributed by atoms with van der Waals surface area (Å²) in [6.07, 6.45) is 9.81. The third-order valence-electron chi connectivity index (χ3n) is 13.7. The van der Waals surface area contributed by atoms with Crippen molar-refractivity contribution in [3.05, 3.63) is 123 Å². The van der Waals surface area contributed by atoms with E-state index < -0.39 is 23.6 Å². The molecule has 74 heavy (non-hydrogen) atoms. The Morgan fingerprint density at radius 1 is 0.824 bits per heavy atom.